The minimum atomic E-state index is 0.179. The van der Waals surface area contributed by atoms with Crippen molar-refractivity contribution in [2.75, 3.05) is 26.4 Å². The summed E-state index contributed by atoms with van der Waals surface area (Å²) < 4.78 is 5.75. The average molecular weight is 341 g/mol. The van der Waals surface area contributed by atoms with Crippen LogP contribution in [0.4, 0.5) is 0 Å². The summed E-state index contributed by atoms with van der Waals surface area (Å²) in [6.45, 7) is 2.46. The second kappa shape index (κ2) is 12.6. The Bertz CT molecular complexity index is 544. The maximum atomic E-state index is 9.06. The Balaban J connectivity index is 1.55. The van der Waals surface area contributed by atoms with Crippen LogP contribution in [0.15, 0.2) is 60.7 Å². The van der Waals surface area contributed by atoms with Crippen LogP contribution in [0.2, 0.25) is 0 Å². The highest BCUT2D eigenvalue weighted by Crippen LogP contribution is 2.19. The predicted octanol–water partition coefficient (Wildman–Crippen LogP) is 4.13. The number of rotatable bonds is 13. The lowest BCUT2D eigenvalue weighted by atomic mass is 10.0. The minimum Gasteiger partial charge on any atom is -0.395 e. The fourth-order valence-electron chi connectivity index (χ4n) is 2.98. The van der Waals surface area contributed by atoms with E-state index >= 15 is 0 Å². The number of ether oxygens (including phenoxy) is 1. The van der Waals surface area contributed by atoms with Gasteiger partial charge in [0.25, 0.3) is 0 Å². The normalized spacial score (nSPS) is 12.2. The molecule has 2 rings (SSSR count). The van der Waals surface area contributed by atoms with E-state index in [2.05, 4.69) is 53.8 Å². The third-order valence-electron chi connectivity index (χ3n) is 4.36. The van der Waals surface area contributed by atoms with Crippen LogP contribution < -0.4 is 5.32 Å². The monoisotopic (exact) mass is 341 g/mol. The van der Waals surface area contributed by atoms with Crippen LogP contribution in [-0.2, 0) is 11.2 Å². The van der Waals surface area contributed by atoms with Crippen molar-refractivity contribution in [3.63, 3.8) is 0 Å². The van der Waals surface area contributed by atoms with E-state index in [1.807, 2.05) is 12.1 Å². The number of aliphatic hydroxyl groups excluding tert-OH is 1. The third kappa shape index (κ3) is 8.30. The molecule has 0 heterocycles. The molecule has 0 radical (unpaired) electrons. The van der Waals surface area contributed by atoms with Gasteiger partial charge in [0.1, 0.15) is 0 Å². The molecule has 0 saturated carbocycles. The minimum absolute atomic E-state index is 0.179. The van der Waals surface area contributed by atoms with Crippen LogP contribution >= 0.6 is 0 Å². The lowest BCUT2D eigenvalue weighted by molar-refractivity contribution is 0.132. The standard InChI is InChI=1S/C22H31NO2/c24-17-16-23-22(21-12-6-2-7-13-21)14-8-3-9-18-25-19-15-20-10-4-1-5-11-20/h1-2,4-7,10-13,22-24H,3,8-9,14-19H2. The number of nitrogens with one attached hydrogen (secondary N) is 1. The van der Waals surface area contributed by atoms with Crippen molar-refractivity contribution in [1.82, 2.24) is 5.32 Å². The molecule has 0 aliphatic carbocycles. The van der Waals surface area contributed by atoms with Gasteiger partial charge in [-0.2, -0.15) is 0 Å². The Morgan fingerprint density at radius 1 is 0.840 bits per heavy atom. The number of hydrogen-bond acceptors (Lipinski definition) is 3. The second-order valence-electron chi connectivity index (χ2n) is 6.34. The summed E-state index contributed by atoms with van der Waals surface area (Å²) in [6, 6.07) is 21.3. The molecule has 2 N–H and O–H groups in total. The van der Waals surface area contributed by atoms with Gasteiger partial charge in [-0.05, 0) is 30.4 Å². The van der Waals surface area contributed by atoms with Gasteiger partial charge in [0.2, 0.25) is 0 Å². The molecule has 0 aliphatic rings. The molecule has 0 aliphatic heterocycles. The van der Waals surface area contributed by atoms with Crippen molar-refractivity contribution in [3.05, 3.63) is 71.8 Å². The quantitative estimate of drug-likeness (QED) is 0.538. The molecule has 3 nitrogen and oxygen atoms in total. The van der Waals surface area contributed by atoms with Crippen molar-refractivity contribution in [1.29, 1.82) is 0 Å². The van der Waals surface area contributed by atoms with Gasteiger partial charge in [-0.3, -0.25) is 0 Å². The first-order chi connectivity index (χ1) is 12.4. The van der Waals surface area contributed by atoms with Gasteiger partial charge in [0, 0.05) is 19.2 Å². The van der Waals surface area contributed by atoms with E-state index in [-0.39, 0.29) is 6.61 Å². The first-order valence-corrected chi connectivity index (χ1v) is 9.41. The maximum absolute atomic E-state index is 9.06. The van der Waals surface area contributed by atoms with Crippen LogP contribution in [-0.4, -0.2) is 31.5 Å². The Kier molecular flexibility index (Phi) is 9.94. The summed E-state index contributed by atoms with van der Waals surface area (Å²) in [5.41, 5.74) is 2.64. The Labute approximate surface area is 152 Å². The lowest BCUT2D eigenvalue weighted by Crippen LogP contribution is -2.24. The van der Waals surface area contributed by atoms with Gasteiger partial charge in [-0.15, -0.1) is 0 Å². The predicted molar refractivity (Wildman–Crippen MR) is 104 cm³/mol. The van der Waals surface area contributed by atoms with Gasteiger partial charge in [0.05, 0.1) is 13.2 Å². The Morgan fingerprint density at radius 2 is 1.56 bits per heavy atom. The summed E-state index contributed by atoms with van der Waals surface area (Å²) in [5, 5.41) is 12.5. The molecular formula is C22H31NO2. The zero-order valence-corrected chi connectivity index (χ0v) is 15.1. The molecule has 1 unspecified atom stereocenters. The van der Waals surface area contributed by atoms with Crippen LogP contribution in [0.5, 0.6) is 0 Å². The van der Waals surface area contributed by atoms with Crippen molar-refractivity contribution in [3.8, 4) is 0 Å². The van der Waals surface area contributed by atoms with Crippen LogP contribution in [0.1, 0.15) is 42.9 Å². The largest absolute Gasteiger partial charge is 0.395 e. The van der Waals surface area contributed by atoms with Crippen LogP contribution in [0.3, 0.4) is 0 Å². The van der Waals surface area contributed by atoms with Gasteiger partial charge in [0.15, 0.2) is 0 Å². The molecule has 25 heavy (non-hydrogen) atoms. The number of unbranched alkanes of at least 4 members (excludes halogenated alkanes) is 2. The molecule has 0 aromatic heterocycles. The summed E-state index contributed by atoms with van der Waals surface area (Å²) in [4.78, 5) is 0. The molecule has 0 saturated heterocycles. The number of aliphatic hydroxyl groups is 1. The topological polar surface area (TPSA) is 41.5 Å². The molecule has 1 atom stereocenters. The number of hydrogen-bond donors (Lipinski definition) is 2. The fourth-order valence-corrected chi connectivity index (χ4v) is 2.98. The Morgan fingerprint density at radius 3 is 2.28 bits per heavy atom. The highest BCUT2D eigenvalue weighted by atomic mass is 16.5. The van der Waals surface area contributed by atoms with E-state index in [0.717, 1.165) is 32.5 Å². The fraction of sp³-hybridized carbons (Fsp3) is 0.455. The average Bonchev–Trinajstić information content (AvgIpc) is 2.67. The molecule has 0 fully saturated rings. The molecule has 0 amide bonds. The van der Waals surface area contributed by atoms with Gasteiger partial charge < -0.3 is 15.2 Å². The maximum Gasteiger partial charge on any atom is 0.0556 e. The second-order valence-corrected chi connectivity index (χ2v) is 6.34. The van der Waals surface area contributed by atoms with E-state index in [4.69, 9.17) is 9.84 Å². The zero-order valence-electron chi connectivity index (χ0n) is 15.1. The smallest absolute Gasteiger partial charge is 0.0556 e. The molecule has 136 valence electrons. The van der Waals surface area contributed by atoms with Gasteiger partial charge in [-0.1, -0.05) is 73.5 Å². The highest BCUT2D eigenvalue weighted by Gasteiger charge is 2.09. The van der Waals surface area contributed by atoms with Crippen molar-refractivity contribution in [2.24, 2.45) is 0 Å². The summed E-state index contributed by atoms with van der Waals surface area (Å²) in [5.74, 6) is 0. The molecule has 0 bridgehead atoms. The van der Waals surface area contributed by atoms with E-state index in [0.29, 0.717) is 12.6 Å². The SMILES string of the molecule is OCCNC(CCCCCOCCc1ccccc1)c1ccccc1. The zero-order chi connectivity index (χ0) is 17.6. The van der Waals surface area contributed by atoms with E-state index in [1.54, 1.807) is 0 Å². The third-order valence-corrected chi connectivity index (χ3v) is 4.36. The van der Waals surface area contributed by atoms with E-state index in [9.17, 15) is 0 Å². The first-order valence-electron chi connectivity index (χ1n) is 9.41. The van der Waals surface area contributed by atoms with Crippen LogP contribution in [0, 0.1) is 0 Å². The molecule has 3 heteroatoms. The van der Waals surface area contributed by atoms with E-state index in [1.165, 1.54) is 24.0 Å². The van der Waals surface area contributed by atoms with Gasteiger partial charge in [-0.25, -0.2) is 0 Å². The van der Waals surface area contributed by atoms with Crippen molar-refractivity contribution in [2.45, 2.75) is 38.1 Å². The van der Waals surface area contributed by atoms with Crippen molar-refractivity contribution < 1.29 is 9.84 Å². The molecule has 0 spiro atoms. The lowest BCUT2D eigenvalue weighted by Gasteiger charge is -2.18. The summed E-state index contributed by atoms with van der Waals surface area (Å²) >= 11 is 0. The summed E-state index contributed by atoms with van der Waals surface area (Å²) in [7, 11) is 0. The molecule has 2 aromatic rings. The first kappa shape index (κ1) is 19.6. The van der Waals surface area contributed by atoms with Crippen molar-refractivity contribution >= 4 is 0 Å². The number of benzene rings is 2. The Hall–Kier alpha value is -1.68. The van der Waals surface area contributed by atoms with Crippen LogP contribution in [0.25, 0.3) is 0 Å². The van der Waals surface area contributed by atoms with Gasteiger partial charge >= 0.3 is 0 Å². The highest BCUT2D eigenvalue weighted by molar-refractivity contribution is 5.18. The molecule has 2 aromatic carbocycles. The van der Waals surface area contributed by atoms with E-state index < -0.39 is 0 Å². The molecular weight excluding hydrogens is 310 g/mol. The summed E-state index contributed by atoms with van der Waals surface area (Å²) in [6.07, 6.45) is 5.53.